The Kier molecular flexibility index (Phi) is 7.19. The number of thiocarbonyl (C=S) groups is 1. The molecule has 144 valence electrons. The molecule has 0 aromatic heterocycles. The predicted molar refractivity (Wildman–Crippen MR) is 112 cm³/mol. The van der Waals surface area contributed by atoms with Gasteiger partial charge in [-0.1, -0.05) is 47.6 Å². The third kappa shape index (κ3) is 5.26. The van der Waals surface area contributed by atoms with Gasteiger partial charge in [-0.25, -0.2) is 0 Å². The van der Waals surface area contributed by atoms with Gasteiger partial charge in [-0.05, 0) is 42.7 Å². The first-order valence-electron chi connectivity index (χ1n) is 8.72. The molecule has 1 atom stereocenters. The van der Waals surface area contributed by atoms with Crippen molar-refractivity contribution in [2.45, 2.75) is 25.6 Å². The standard InChI is InChI=1S/C20H21Cl2NO3S/c1-24-18-6-2-5-15(20(27)23-11-14-4-3-9-25-14)19(18)26-12-13-7-8-16(21)17(22)10-13/h2,5-8,10,14H,3-4,9,11-12H2,1H3,(H,23,27)/t14-/m1/s1. The smallest absolute Gasteiger partial charge is 0.171 e. The van der Waals surface area contributed by atoms with Crippen molar-refractivity contribution in [2.24, 2.45) is 0 Å². The van der Waals surface area contributed by atoms with Gasteiger partial charge in [0.1, 0.15) is 11.6 Å². The van der Waals surface area contributed by atoms with E-state index in [2.05, 4.69) is 5.32 Å². The van der Waals surface area contributed by atoms with Gasteiger partial charge in [-0.2, -0.15) is 0 Å². The van der Waals surface area contributed by atoms with E-state index >= 15 is 0 Å². The summed E-state index contributed by atoms with van der Waals surface area (Å²) >= 11 is 17.6. The molecule has 1 N–H and O–H groups in total. The molecule has 0 spiro atoms. The lowest BCUT2D eigenvalue weighted by Gasteiger charge is -2.18. The molecule has 0 saturated carbocycles. The summed E-state index contributed by atoms with van der Waals surface area (Å²) in [5, 5.41) is 4.28. The van der Waals surface area contributed by atoms with Crippen LogP contribution in [-0.2, 0) is 11.3 Å². The van der Waals surface area contributed by atoms with E-state index in [1.807, 2.05) is 24.3 Å². The molecule has 0 radical (unpaired) electrons. The Morgan fingerprint density at radius 1 is 1.26 bits per heavy atom. The van der Waals surface area contributed by atoms with Crippen LogP contribution in [0.15, 0.2) is 36.4 Å². The number of hydrogen-bond acceptors (Lipinski definition) is 4. The molecule has 1 heterocycles. The quantitative estimate of drug-likeness (QED) is 0.630. The maximum atomic E-state index is 6.08. The fourth-order valence-corrected chi connectivity index (χ4v) is 3.46. The van der Waals surface area contributed by atoms with Crippen LogP contribution in [-0.4, -0.2) is 31.4 Å². The van der Waals surface area contributed by atoms with Crippen LogP contribution in [0.3, 0.4) is 0 Å². The van der Waals surface area contributed by atoms with Crippen LogP contribution in [0.4, 0.5) is 0 Å². The largest absolute Gasteiger partial charge is 0.493 e. The maximum Gasteiger partial charge on any atom is 0.171 e. The van der Waals surface area contributed by atoms with E-state index < -0.39 is 0 Å². The van der Waals surface area contributed by atoms with Crippen molar-refractivity contribution in [3.8, 4) is 11.5 Å². The average molecular weight is 426 g/mol. The average Bonchev–Trinajstić information content (AvgIpc) is 3.20. The minimum absolute atomic E-state index is 0.203. The van der Waals surface area contributed by atoms with E-state index in [-0.39, 0.29) is 6.10 Å². The highest BCUT2D eigenvalue weighted by molar-refractivity contribution is 7.80. The fraction of sp³-hybridized carbons (Fsp3) is 0.350. The van der Waals surface area contributed by atoms with E-state index in [0.717, 1.165) is 30.6 Å². The molecular formula is C20H21Cl2NO3S. The molecule has 7 heteroatoms. The molecular weight excluding hydrogens is 405 g/mol. The predicted octanol–water partition coefficient (Wildman–Crippen LogP) is 5.03. The van der Waals surface area contributed by atoms with E-state index in [1.165, 1.54) is 0 Å². The summed E-state index contributed by atoms with van der Waals surface area (Å²) in [6, 6.07) is 11.1. The topological polar surface area (TPSA) is 39.7 Å². The van der Waals surface area contributed by atoms with Crippen LogP contribution in [0.1, 0.15) is 24.0 Å². The van der Waals surface area contributed by atoms with Crippen molar-refractivity contribution in [1.82, 2.24) is 5.32 Å². The molecule has 2 aromatic rings. The number of ether oxygens (including phenoxy) is 3. The third-order valence-corrected chi connectivity index (χ3v) is 5.43. The maximum absolute atomic E-state index is 6.08. The summed E-state index contributed by atoms with van der Waals surface area (Å²) in [6.45, 7) is 1.82. The molecule has 27 heavy (non-hydrogen) atoms. The van der Waals surface area contributed by atoms with Gasteiger partial charge >= 0.3 is 0 Å². The Balaban J connectivity index is 1.73. The zero-order valence-corrected chi connectivity index (χ0v) is 17.3. The first-order valence-corrected chi connectivity index (χ1v) is 9.88. The van der Waals surface area contributed by atoms with E-state index in [4.69, 9.17) is 49.6 Å². The summed E-state index contributed by atoms with van der Waals surface area (Å²) < 4.78 is 17.1. The summed E-state index contributed by atoms with van der Waals surface area (Å²) in [7, 11) is 1.61. The molecule has 3 rings (SSSR count). The molecule has 0 aliphatic carbocycles. The molecule has 1 fully saturated rings. The summed E-state index contributed by atoms with van der Waals surface area (Å²) in [4.78, 5) is 0.605. The van der Waals surface area contributed by atoms with Crippen LogP contribution >= 0.6 is 35.4 Å². The van der Waals surface area contributed by atoms with Gasteiger partial charge in [0.25, 0.3) is 0 Å². The number of benzene rings is 2. The van der Waals surface area contributed by atoms with Crippen molar-refractivity contribution in [3.05, 3.63) is 57.6 Å². The zero-order chi connectivity index (χ0) is 19.2. The summed E-state index contributed by atoms with van der Waals surface area (Å²) in [5.74, 6) is 1.21. The van der Waals surface area contributed by atoms with Crippen molar-refractivity contribution in [1.29, 1.82) is 0 Å². The van der Waals surface area contributed by atoms with E-state index in [0.29, 0.717) is 39.7 Å². The molecule has 2 aromatic carbocycles. The fourth-order valence-electron chi connectivity index (χ4n) is 2.90. The molecule has 1 aliphatic rings. The Morgan fingerprint density at radius 3 is 2.81 bits per heavy atom. The first kappa shape index (κ1) is 20.2. The number of nitrogens with one attached hydrogen (secondary N) is 1. The SMILES string of the molecule is COc1cccc(C(=S)NC[C@H]2CCCO2)c1OCc1ccc(Cl)c(Cl)c1. The highest BCUT2D eigenvalue weighted by atomic mass is 35.5. The van der Waals surface area contributed by atoms with Crippen LogP contribution in [0.25, 0.3) is 0 Å². The molecule has 0 amide bonds. The monoisotopic (exact) mass is 425 g/mol. The van der Waals surface area contributed by atoms with Gasteiger partial charge in [-0.3, -0.25) is 0 Å². The molecule has 4 nitrogen and oxygen atoms in total. The van der Waals surface area contributed by atoms with Crippen LogP contribution in [0.2, 0.25) is 10.0 Å². The Bertz CT molecular complexity index is 810. The van der Waals surface area contributed by atoms with Gasteiger partial charge < -0.3 is 19.5 Å². The second-order valence-electron chi connectivity index (χ2n) is 6.22. The van der Waals surface area contributed by atoms with Crippen molar-refractivity contribution >= 4 is 40.4 Å². The molecule has 1 saturated heterocycles. The molecule has 0 unspecified atom stereocenters. The first-order chi connectivity index (χ1) is 13.1. The number of para-hydroxylation sites is 1. The Morgan fingerprint density at radius 2 is 2.11 bits per heavy atom. The van der Waals surface area contributed by atoms with E-state index in [1.54, 1.807) is 19.2 Å². The van der Waals surface area contributed by atoms with Crippen LogP contribution in [0.5, 0.6) is 11.5 Å². The number of halogens is 2. The lowest BCUT2D eigenvalue weighted by atomic mass is 10.1. The third-order valence-electron chi connectivity index (χ3n) is 4.32. The zero-order valence-electron chi connectivity index (χ0n) is 15.0. The van der Waals surface area contributed by atoms with Gasteiger partial charge in [-0.15, -0.1) is 0 Å². The van der Waals surface area contributed by atoms with Crippen molar-refractivity contribution in [3.63, 3.8) is 0 Å². The Labute approximate surface area is 174 Å². The normalized spacial score (nSPS) is 16.2. The Hall–Kier alpha value is -1.53. The van der Waals surface area contributed by atoms with Gasteiger partial charge in [0, 0.05) is 13.2 Å². The molecule has 1 aliphatic heterocycles. The summed E-state index contributed by atoms with van der Waals surface area (Å²) in [6.07, 6.45) is 2.35. The second kappa shape index (κ2) is 9.60. The minimum Gasteiger partial charge on any atom is -0.493 e. The van der Waals surface area contributed by atoms with E-state index in [9.17, 15) is 0 Å². The lowest BCUT2D eigenvalue weighted by molar-refractivity contribution is 0.114. The van der Waals surface area contributed by atoms with Gasteiger partial charge in [0.2, 0.25) is 0 Å². The van der Waals surface area contributed by atoms with Crippen molar-refractivity contribution in [2.75, 3.05) is 20.3 Å². The number of methoxy groups -OCH3 is 1. The van der Waals surface area contributed by atoms with Crippen LogP contribution in [0, 0.1) is 0 Å². The van der Waals surface area contributed by atoms with Gasteiger partial charge in [0.05, 0.1) is 28.8 Å². The van der Waals surface area contributed by atoms with Crippen LogP contribution < -0.4 is 14.8 Å². The number of rotatable bonds is 7. The lowest BCUT2D eigenvalue weighted by Crippen LogP contribution is -2.31. The minimum atomic E-state index is 0.203. The highest BCUT2D eigenvalue weighted by Gasteiger charge is 2.18. The molecule has 0 bridgehead atoms. The summed E-state index contributed by atoms with van der Waals surface area (Å²) in [5.41, 5.74) is 1.68. The second-order valence-corrected chi connectivity index (χ2v) is 7.44. The van der Waals surface area contributed by atoms with Gasteiger partial charge in [0.15, 0.2) is 11.5 Å². The number of hydrogen-bond donors (Lipinski definition) is 1. The highest BCUT2D eigenvalue weighted by Crippen LogP contribution is 2.32. The van der Waals surface area contributed by atoms with Crippen molar-refractivity contribution < 1.29 is 14.2 Å².